The maximum Gasteiger partial charge on any atom is 0.255 e. The molecule has 2 aromatic rings. The third kappa shape index (κ3) is 3.74. The monoisotopic (exact) mass is 386 g/mol. The van der Waals surface area contributed by atoms with Crippen LogP contribution in [-0.2, 0) is 4.79 Å². The zero-order valence-corrected chi connectivity index (χ0v) is 16.0. The van der Waals surface area contributed by atoms with Crippen molar-refractivity contribution in [3.63, 3.8) is 0 Å². The lowest BCUT2D eigenvalue weighted by atomic mass is 10.0. The maximum absolute atomic E-state index is 12.8. The first kappa shape index (κ1) is 18.1. The summed E-state index contributed by atoms with van der Waals surface area (Å²) in [7, 11) is 0. The Labute approximate surface area is 163 Å². The third-order valence-electron chi connectivity index (χ3n) is 5.57. The van der Waals surface area contributed by atoms with Crippen LogP contribution in [0.4, 0.5) is 5.69 Å². The van der Waals surface area contributed by atoms with E-state index in [1.807, 2.05) is 17.0 Å². The van der Waals surface area contributed by atoms with Gasteiger partial charge in [0.2, 0.25) is 5.91 Å². The van der Waals surface area contributed by atoms with E-state index >= 15 is 0 Å². The molecule has 1 aliphatic heterocycles. The van der Waals surface area contributed by atoms with Crippen LogP contribution >= 0.6 is 11.6 Å². The summed E-state index contributed by atoms with van der Waals surface area (Å²) in [5.41, 5.74) is 1.10. The lowest BCUT2D eigenvalue weighted by Gasteiger charge is -2.33. The summed E-state index contributed by atoms with van der Waals surface area (Å²) in [6, 6.07) is 9.08. The summed E-state index contributed by atoms with van der Waals surface area (Å²) in [6.07, 6.45) is 5.62. The first-order valence-corrected chi connectivity index (χ1v) is 9.87. The molecule has 1 aromatic heterocycles. The normalized spacial score (nSPS) is 24.5. The van der Waals surface area contributed by atoms with Crippen molar-refractivity contribution < 1.29 is 14.0 Å². The van der Waals surface area contributed by atoms with Crippen LogP contribution in [0.25, 0.3) is 0 Å². The van der Waals surface area contributed by atoms with Gasteiger partial charge in [0.1, 0.15) is 5.76 Å². The van der Waals surface area contributed by atoms with Gasteiger partial charge < -0.3 is 14.6 Å². The van der Waals surface area contributed by atoms with Gasteiger partial charge in [-0.25, -0.2) is 0 Å². The second kappa shape index (κ2) is 7.39. The zero-order chi connectivity index (χ0) is 19.0. The van der Waals surface area contributed by atoms with Crippen molar-refractivity contribution in [2.24, 2.45) is 5.92 Å². The van der Waals surface area contributed by atoms with Crippen molar-refractivity contribution >= 4 is 29.1 Å². The van der Waals surface area contributed by atoms with Crippen LogP contribution in [-0.4, -0.2) is 29.3 Å². The Hall–Kier alpha value is -2.27. The van der Waals surface area contributed by atoms with Gasteiger partial charge in [-0.3, -0.25) is 9.59 Å². The number of furan rings is 1. The van der Waals surface area contributed by atoms with E-state index in [2.05, 4.69) is 12.2 Å². The fourth-order valence-corrected chi connectivity index (χ4v) is 4.12. The van der Waals surface area contributed by atoms with Gasteiger partial charge in [0.25, 0.3) is 5.91 Å². The summed E-state index contributed by atoms with van der Waals surface area (Å²) in [5.74, 6) is 0.841. The molecule has 142 valence electrons. The summed E-state index contributed by atoms with van der Waals surface area (Å²) in [5, 5.41) is 3.27. The smallest absolute Gasteiger partial charge is 0.255 e. The van der Waals surface area contributed by atoms with E-state index in [1.165, 1.54) is 0 Å². The molecule has 2 amide bonds. The van der Waals surface area contributed by atoms with E-state index in [1.54, 1.807) is 24.5 Å². The predicted molar refractivity (Wildman–Crippen MR) is 104 cm³/mol. The number of rotatable bonds is 4. The van der Waals surface area contributed by atoms with E-state index < -0.39 is 0 Å². The van der Waals surface area contributed by atoms with Crippen molar-refractivity contribution in [1.82, 2.24) is 4.90 Å². The Kier molecular flexibility index (Phi) is 4.96. The van der Waals surface area contributed by atoms with Crippen molar-refractivity contribution in [3.05, 3.63) is 52.9 Å². The molecule has 1 aliphatic carbocycles. The highest BCUT2D eigenvalue weighted by Crippen LogP contribution is 2.48. The molecule has 1 saturated carbocycles. The number of carbonyl (C=O) groups excluding carboxylic acids is 2. The van der Waals surface area contributed by atoms with Crippen LogP contribution in [0.5, 0.6) is 0 Å². The van der Waals surface area contributed by atoms with E-state index in [-0.39, 0.29) is 29.7 Å². The number of carbonyl (C=O) groups is 2. The molecule has 27 heavy (non-hydrogen) atoms. The molecule has 2 fully saturated rings. The number of piperidine rings is 1. The van der Waals surface area contributed by atoms with Gasteiger partial charge >= 0.3 is 0 Å². The van der Waals surface area contributed by atoms with Gasteiger partial charge in [-0.05, 0) is 62.9 Å². The van der Waals surface area contributed by atoms with Crippen LogP contribution < -0.4 is 5.32 Å². The van der Waals surface area contributed by atoms with Crippen LogP contribution in [0.3, 0.4) is 0 Å². The maximum atomic E-state index is 12.8. The Morgan fingerprint density at radius 3 is 2.81 bits per heavy atom. The minimum atomic E-state index is -0.0783. The zero-order valence-electron chi connectivity index (χ0n) is 15.3. The summed E-state index contributed by atoms with van der Waals surface area (Å²) in [6.45, 7) is 2.84. The third-order valence-corrected chi connectivity index (χ3v) is 5.88. The second-order valence-corrected chi connectivity index (χ2v) is 7.90. The van der Waals surface area contributed by atoms with Crippen LogP contribution in [0.1, 0.15) is 54.6 Å². The van der Waals surface area contributed by atoms with Crippen LogP contribution in [0, 0.1) is 5.92 Å². The van der Waals surface area contributed by atoms with Gasteiger partial charge in [0, 0.05) is 30.1 Å². The number of nitrogens with one attached hydrogen (secondary N) is 1. The first-order valence-electron chi connectivity index (χ1n) is 9.49. The molecule has 0 bridgehead atoms. The highest BCUT2D eigenvalue weighted by molar-refractivity contribution is 6.34. The molecule has 6 heteroatoms. The largest absolute Gasteiger partial charge is 0.469 e. The Bertz CT molecular complexity index is 849. The van der Waals surface area contributed by atoms with Crippen molar-refractivity contribution in [2.75, 3.05) is 11.9 Å². The molecular weight excluding hydrogens is 364 g/mol. The highest BCUT2D eigenvalue weighted by Gasteiger charge is 2.45. The molecule has 5 nitrogen and oxygen atoms in total. The average molecular weight is 387 g/mol. The van der Waals surface area contributed by atoms with Crippen molar-refractivity contribution in [3.8, 4) is 0 Å². The van der Waals surface area contributed by atoms with E-state index in [9.17, 15) is 9.59 Å². The molecule has 3 atom stereocenters. The molecule has 0 radical (unpaired) electrons. The number of amides is 2. The predicted octanol–water partition coefficient (Wildman–Crippen LogP) is 4.69. The van der Waals surface area contributed by atoms with Gasteiger partial charge in [0.15, 0.2) is 0 Å². The molecule has 4 rings (SSSR count). The molecule has 3 unspecified atom stereocenters. The lowest BCUT2D eigenvalue weighted by Crippen LogP contribution is -2.42. The topological polar surface area (TPSA) is 62.6 Å². The molecule has 1 saturated heterocycles. The number of halogens is 1. The summed E-state index contributed by atoms with van der Waals surface area (Å²) in [4.78, 5) is 27.1. The van der Waals surface area contributed by atoms with E-state index in [0.29, 0.717) is 16.3 Å². The summed E-state index contributed by atoms with van der Waals surface area (Å²) < 4.78 is 5.37. The minimum Gasteiger partial charge on any atom is -0.469 e. The van der Waals surface area contributed by atoms with Gasteiger partial charge in [-0.2, -0.15) is 0 Å². The lowest BCUT2D eigenvalue weighted by molar-refractivity contribution is -0.117. The number of anilines is 1. The fourth-order valence-electron chi connectivity index (χ4n) is 3.86. The first-order chi connectivity index (χ1) is 13.0. The van der Waals surface area contributed by atoms with E-state index in [0.717, 1.165) is 38.0 Å². The highest BCUT2D eigenvalue weighted by atomic mass is 35.5. The van der Waals surface area contributed by atoms with E-state index in [4.69, 9.17) is 16.0 Å². The van der Waals surface area contributed by atoms with Crippen molar-refractivity contribution in [2.45, 2.75) is 44.6 Å². The Balaban J connectivity index is 1.41. The molecular formula is C21H23ClN2O3. The van der Waals surface area contributed by atoms with Gasteiger partial charge in [0.05, 0.1) is 16.8 Å². The number of benzene rings is 1. The van der Waals surface area contributed by atoms with Crippen molar-refractivity contribution in [1.29, 1.82) is 0 Å². The number of hydrogen-bond donors (Lipinski definition) is 1. The Morgan fingerprint density at radius 1 is 1.26 bits per heavy atom. The molecule has 0 spiro atoms. The Morgan fingerprint density at radius 2 is 2.11 bits per heavy atom. The van der Waals surface area contributed by atoms with Gasteiger partial charge in [-0.1, -0.05) is 11.6 Å². The summed E-state index contributed by atoms with van der Waals surface area (Å²) >= 11 is 6.37. The number of likely N-dealkylation sites (tertiary alicyclic amines) is 1. The van der Waals surface area contributed by atoms with Gasteiger partial charge in [-0.15, -0.1) is 0 Å². The quantitative estimate of drug-likeness (QED) is 0.829. The average Bonchev–Trinajstić information content (AvgIpc) is 3.27. The SMILES string of the molecule is CC1CCCCN1C(=O)c1ccc(NC(=O)C2CC2c2ccco2)cc1Cl. The number of nitrogens with zero attached hydrogens (tertiary/aromatic N) is 1. The number of hydrogen-bond acceptors (Lipinski definition) is 3. The molecule has 2 aliphatic rings. The van der Waals surface area contributed by atoms with Crippen LogP contribution in [0.2, 0.25) is 5.02 Å². The molecule has 1 N–H and O–H groups in total. The fraction of sp³-hybridized carbons (Fsp3) is 0.429. The standard InChI is InChI=1S/C21H23ClN2O3/c1-13-5-2-3-9-24(13)21(26)15-8-7-14(11-18(15)22)23-20(25)17-12-16(17)19-6-4-10-27-19/h4,6-8,10-11,13,16-17H,2-3,5,9,12H2,1H3,(H,23,25). The van der Waals surface area contributed by atoms with Crippen LogP contribution in [0.15, 0.2) is 41.0 Å². The second-order valence-electron chi connectivity index (χ2n) is 7.49. The molecule has 1 aromatic carbocycles. The molecule has 2 heterocycles. The minimum absolute atomic E-state index is 0.0369.